The molecule has 0 spiro atoms. The maximum Gasteiger partial charge on any atom is 0.255 e. The van der Waals surface area contributed by atoms with Gasteiger partial charge in [-0.15, -0.1) is 0 Å². The van der Waals surface area contributed by atoms with Gasteiger partial charge in [0.15, 0.2) is 0 Å². The van der Waals surface area contributed by atoms with Crippen LogP contribution in [0.25, 0.3) is 22.0 Å². The van der Waals surface area contributed by atoms with Crippen molar-refractivity contribution in [3.63, 3.8) is 0 Å². The van der Waals surface area contributed by atoms with E-state index in [4.69, 9.17) is 10.5 Å². The molecular formula is C27H29N5O2. The van der Waals surface area contributed by atoms with E-state index in [2.05, 4.69) is 20.2 Å². The van der Waals surface area contributed by atoms with E-state index >= 15 is 0 Å². The predicted molar refractivity (Wildman–Crippen MR) is 137 cm³/mol. The first-order valence-electron chi connectivity index (χ1n) is 11.2. The van der Waals surface area contributed by atoms with Gasteiger partial charge in [0.25, 0.3) is 5.91 Å². The molecule has 7 nitrogen and oxygen atoms in total. The van der Waals surface area contributed by atoms with E-state index in [1.165, 1.54) is 0 Å². The third-order valence-electron chi connectivity index (χ3n) is 5.52. The minimum Gasteiger partial charge on any atom is -0.493 e. The molecule has 0 unspecified atom stereocenters. The van der Waals surface area contributed by atoms with Crippen LogP contribution in [0.15, 0.2) is 66.9 Å². The Morgan fingerprint density at radius 3 is 2.76 bits per heavy atom. The number of anilines is 2. The number of nitrogens with zero attached hydrogens (tertiary/aromatic N) is 3. The maximum absolute atomic E-state index is 13.0. The average Bonchev–Trinajstić information content (AvgIpc) is 2.82. The Balaban J connectivity index is 1.50. The summed E-state index contributed by atoms with van der Waals surface area (Å²) in [7, 11) is 4.08. The van der Waals surface area contributed by atoms with Gasteiger partial charge in [-0.25, -0.2) is 9.97 Å². The summed E-state index contributed by atoms with van der Waals surface area (Å²) in [5, 5.41) is 3.87. The molecule has 7 heteroatoms. The van der Waals surface area contributed by atoms with Crippen molar-refractivity contribution in [2.45, 2.75) is 13.3 Å². The Morgan fingerprint density at radius 1 is 1.09 bits per heavy atom. The quantitative estimate of drug-likeness (QED) is 0.372. The lowest BCUT2D eigenvalue weighted by Gasteiger charge is -2.12. The molecule has 0 atom stereocenters. The lowest BCUT2D eigenvalue weighted by molar-refractivity contribution is 0.102. The van der Waals surface area contributed by atoms with Gasteiger partial charge in [0.2, 0.25) is 5.95 Å². The zero-order chi connectivity index (χ0) is 24.1. The molecule has 4 aromatic rings. The second kappa shape index (κ2) is 10.3. The third-order valence-corrected chi connectivity index (χ3v) is 5.52. The number of aromatic nitrogens is 2. The van der Waals surface area contributed by atoms with Crippen molar-refractivity contribution < 1.29 is 9.53 Å². The van der Waals surface area contributed by atoms with Crippen molar-refractivity contribution in [3.05, 3.63) is 78.0 Å². The van der Waals surface area contributed by atoms with Gasteiger partial charge in [-0.05, 0) is 80.5 Å². The number of fused-ring (bicyclic) bond motifs is 1. The molecule has 1 aromatic heterocycles. The van der Waals surface area contributed by atoms with E-state index < -0.39 is 0 Å². The van der Waals surface area contributed by atoms with Crippen LogP contribution in [0.4, 0.5) is 11.6 Å². The molecule has 3 aromatic carbocycles. The standard InChI is InChI=1S/C27H29N5O2/c1-18-8-9-20(15-24(18)19-10-11-25-21(14-19)17-29-27(28)31-25)26(33)30-22-6-4-7-23(16-22)34-13-5-12-32(2)3/h4,6-11,14-17H,5,12-13H2,1-3H3,(H,30,33)(H2,28,29,31). The van der Waals surface area contributed by atoms with Crippen LogP contribution >= 0.6 is 0 Å². The van der Waals surface area contributed by atoms with Gasteiger partial charge < -0.3 is 20.7 Å². The Morgan fingerprint density at radius 2 is 1.94 bits per heavy atom. The summed E-state index contributed by atoms with van der Waals surface area (Å²) in [5.74, 6) is 0.807. The van der Waals surface area contributed by atoms with E-state index in [9.17, 15) is 4.79 Å². The van der Waals surface area contributed by atoms with Gasteiger partial charge in [0, 0.05) is 35.4 Å². The molecule has 0 saturated carbocycles. The van der Waals surface area contributed by atoms with E-state index in [-0.39, 0.29) is 11.9 Å². The van der Waals surface area contributed by atoms with Crippen molar-refractivity contribution in [3.8, 4) is 16.9 Å². The number of ether oxygens (including phenoxy) is 1. The van der Waals surface area contributed by atoms with Crippen molar-refractivity contribution in [1.82, 2.24) is 14.9 Å². The van der Waals surface area contributed by atoms with E-state index in [0.29, 0.717) is 17.9 Å². The van der Waals surface area contributed by atoms with E-state index in [1.54, 1.807) is 6.20 Å². The fraction of sp³-hybridized carbons (Fsp3) is 0.222. The Bertz CT molecular complexity index is 1320. The summed E-state index contributed by atoms with van der Waals surface area (Å²) < 4.78 is 5.82. The highest BCUT2D eigenvalue weighted by Gasteiger charge is 2.11. The number of nitrogens with one attached hydrogen (secondary N) is 1. The normalized spacial score (nSPS) is 11.1. The summed E-state index contributed by atoms with van der Waals surface area (Å²) in [6.07, 6.45) is 2.65. The average molecular weight is 456 g/mol. The van der Waals surface area contributed by atoms with E-state index in [0.717, 1.165) is 46.3 Å². The van der Waals surface area contributed by atoms with Gasteiger partial charge in [-0.1, -0.05) is 18.2 Å². The fourth-order valence-corrected chi connectivity index (χ4v) is 3.73. The molecule has 0 radical (unpaired) electrons. The summed E-state index contributed by atoms with van der Waals surface area (Å²) in [6, 6.07) is 19.1. The third kappa shape index (κ3) is 5.68. The number of hydrogen-bond acceptors (Lipinski definition) is 6. The molecular weight excluding hydrogens is 426 g/mol. The summed E-state index contributed by atoms with van der Waals surface area (Å²) in [5.41, 5.74) is 10.8. The van der Waals surface area contributed by atoms with Crippen molar-refractivity contribution >= 4 is 28.4 Å². The predicted octanol–water partition coefficient (Wildman–Crippen LogP) is 4.77. The number of carbonyl (C=O) groups is 1. The van der Waals surface area contributed by atoms with Gasteiger partial charge in [0.1, 0.15) is 5.75 Å². The SMILES string of the molecule is Cc1ccc(C(=O)Nc2cccc(OCCCN(C)C)c2)cc1-c1ccc2nc(N)ncc2c1. The first kappa shape index (κ1) is 23.2. The zero-order valence-electron chi connectivity index (χ0n) is 19.7. The van der Waals surface area contributed by atoms with Crippen LogP contribution < -0.4 is 15.8 Å². The molecule has 4 rings (SSSR count). The topological polar surface area (TPSA) is 93.4 Å². The van der Waals surface area contributed by atoms with Crippen LogP contribution in [0.5, 0.6) is 5.75 Å². The molecule has 1 heterocycles. The minimum absolute atomic E-state index is 0.178. The number of amides is 1. The van der Waals surface area contributed by atoms with Gasteiger partial charge in [-0.2, -0.15) is 0 Å². The molecule has 0 aliphatic heterocycles. The molecule has 0 aliphatic carbocycles. The first-order chi connectivity index (χ1) is 16.4. The Labute approximate surface area is 199 Å². The summed E-state index contributed by atoms with van der Waals surface area (Å²) in [4.78, 5) is 23.5. The molecule has 0 fully saturated rings. The molecule has 3 N–H and O–H groups in total. The number of rotatable bonds is 8. The number of nitrogen functional groups attached to an aromatic ring is 1. The van der Waals surface area contributed by atoms with Crippen LogP contribution in [0.2, 0.25) is 0 Å². The molecule has 0 saturated heterocycles. The molecule has 34 heavy (non-hydrogen) atoms. The molecule has 1 amide bonds. The lowest BCUT2D eigenvalue weighted by atomic mass is 9.97. The molecule has 0 bridgehead atoms. The zero-order valence-corrected chi connectivity index (χ0v) is 19.7. The van der Waals surface area contributed by atoms with Crippen LogP contribution in [0.1, 0.15) is 22.3 Å². The molecule has 174 valence electrons. The second-order valence-electron chi connectivity index (χ2n) is 8.52. The van der Waals surface area contributed by atoms with Gasteiger partial charge in [-0.3, -0.25) is 4.79 Å². The first-order valence-corrected chi connectivity index (χ1v) is 11.2. The highest BCUT2D eigenvalue weighted by molar-refractivity contribution is 6.05. The molecule has 0 aliphatic rings. The van der Waals surface area contributed by atoms with Crippen LogP contribution in [-0.4, -0.2) is 48.0 Å². The monoisotopic (exact) mass is 455 g/mol. The number of benzene rings is 3. The Kier molecular flexibility index (Phi) is 7.04. The number of hydrogen-bond donors (Lipinski definition) is 2. The van der Waals surface area contributed by atoms with Gasteiger partial charge >= 0.3 is 0 Å². The van der Waals surface area contributed by atoms with Gasteiger partial charge in [0.05, 0.1) is 12.1 Å². The van der Waals surface area contributed by atoms with Crippen molar-refractivity contribution in [2.75, 3.05) is 38.3 Å². The number of nitrogens with two attached hydrogens (primary N) is 1. The summed E-state index contributed by atoms with van der Waals surface area (Å²) >= 11 is 0. The maximum atomic E-state index is 13.0. The number of carbonyl (C=O) groups excluding carboxylic acids is 1. The van der Waals surface area contributed by atoms with Crippen LogP contribution in [-0.2, 0) is 0 Å². The van der Waals surface area contributed by atoms with Crippen LogP contribution in [0.3, 0.4) is 0 Å². The Hall–Kier alpha value is -3.97. The largest absolute Gasteiger partial charge is 0.493 e. The second-order valence-corrected chi connectivity index (χ2v) is 8.52. The van der Waals surface area contributed by atoms with Crippen molar-refractivity contribution in [1.29, 1.82) is 0 Å². The smallest absolute Gasteiger partial charge is 0.255 e. The van der Waals surface area contributed by atoms with E-state index in [1.807, 2.05) is 81.7 Å². The lowest BCUT2D eigenvalue weighted by Crippen LogP contribution is -2.15. The van der Waals surface area contributed by atoms with Crippen molar-refractivity contribution in [2.24, 2.45) is 0 Å². The highest BCUT2D eigenvalue weighted by atomic mass is 16.5. The highest BCUT2D eigenvalue weighted by Crippen LogP contribution is 2.28. The van der Waals surface area contributed by atoms with Crippen LogP contribution in [0, 0.1) is 6.92 Å². The summed E-state index contributed by atoms with van der Waals surface area (Å²) in [6.45, 7) is 3.61. The minimum atomic E-state index is -0.178. The number of aryl methyl sites for hydroxylation is 1. The fourth-order valence-electron chi connectivity index (χ4n) is 3.73.